The van der Waals surface area contributed by atoms with Crippen molar-refractivity contribution < 1.29 is 5.21 Å². The Hall–Kier alpha value is -0.640. The van der Waals surface area contributed by atoms with Crippen molar-refractivity contribution in [2.45, 2.75) is 91.0 Å². The van der Waals surface area contributed by atoms with Gasteiger partial charge in [0.05, 0.1) is 0 Å². The van der Waals surface area contributed by atoms with Crippen molar-refractivity contribution in [3.05, 3.63) is 24.8 Å². The van der Waals surface area contributed by atoms with E-state index in [0.29, 0.717) is 0 Å². The summed E-state index contributed by atoms with van der Waals surface area (Å²) in [5, 5.41) is 14.4. The van der Waals surface area contributed by atoms with Crippen molar-refractivity contribution in [2.75, 3.05) is 20.1 Å². The van der Waals surface area contributed by atoms with Crippen LogP contribution in [-0.2, 0) is 0 Å². The van der Waals surface area contributed by atoms with Gasteiger partial charge >= 0.3 is 0 Å². The van der Waals surface area contributed by atoms with Crippen LogP contribution in [0.1, 0.15) is 85.5 Å². The number of allylic oxidation sites excluding steroid dienone is 3. The SMILES string of the molecule is C=CC(C)(C/C=C/CCCCCC)CCNCCCC(C)(C)N(C)O. The molecule has 0 bridgehead atoms. The zero-order valence-corrected chi connectivity index (χ0v) is 17.6. The fraction of sp³-hybridized carbons (Fsp3) is 0.818. The maximum Gasteiger partial charge on any atom is 0.0401 e. The van der Waals surface area contributed by atoms with Crippen LogP contribution in [0.15, 0.2) is 24.8 Å². The van der Waals surface area contributed by atoms with Gasteiger partial charge in [0.25, 0.3) is 0 Å². The van der Waals surface area contributed by atoms with E-state index in [-0.39, 0.29) is 11.0 Å². The maximum atomic E-state index is 9.58. The first-order chi connectivity index (χ1) is 11.8. The third-order valence-corrected chi connectivity index (χ3v) is 5.36. The Labute approximate surface area is 157 Å². The Kier molecular flexibility index (Phi) is 13.2. The van der Waals surface area contributed by atoms with Crippen molar-refractivity contribution in [3.63, 3.8) is 0 Å². The van der Waals surface area contributed by atoms with Crippen molar-refractivity contribution >= 4 is 0 Å². The molecule has 25 heavy (non-hydrogen) atoms. The van der Waals surface area contributed by atoms with Crippen LogP contribution in [0.2, 0.25) is 0 Å². The molecule has 1 atom stereocenters. The summed E-state index contributed by atoms with van der Waals surface area (Å²) in [6.45, 7) is 14.7. The Morgan fingerprint density at radius 2 is 1.72 bits per heavy atom. The average molecular weight is 353 g/mol. The Morgan fingerprint density at radius 1 is 1.00 bits per heavy atom. The highest BCUT2D eigenvalue weighted by Crippen LogP contribution is 2.27. The molecule has 3 heteroatoms. The van der Waals surface area contributed by atoms with Gasteiger partial charge in [0.1, 0.15) is 0 Å². The Morgan fingerprint density at radius 3 is 2.32 bits per heavy atom. The Bertz CT molecular complexity index is 363. The molecule has 3 nitrogen and oxygen atoms in total. The molecule has 0 aromatic heterocycles. The molecule has 0 aliphatic heterocycles. The third kappa shape index (κ3) is 12.4. The molecule has 0 radical (unpaired) electrons. The average Bonchev–Trinajstić information content (AvgIpc) is 2.57. The van der Waals surface area contributed by atoms with Crippen molar-refractivity contribution in [3.8, 4) is 0 Å². The zero-order valence-electron chi connectivity index (χ0n) is 17.6. The van der Waals surface area contributed by atoms with Gasteiger partial charge in [-0.1, -0.05) is 51.3 Å². The van der Waals surface area contributed by atoms with Crippen LogP contribution in [0, 0.1) is 5.41 Å². The summed E-state index contributed by atoms with van der Waals surface area (Å²) in [6.07, 6.45) is 17.6. The Balaban J connectivity index is 3.88. The van der Waals surface area contributed by atoms with E-state index >= 15 is 0 Å². The first-order valence-corrected chi connectivity index (χ1v) is 10.2. The van der Waals surface area contributed by atoms with E-state index in [1.807, 2.05) is 0 Å². The molecular formula is C22H44N2O. The summed E-state index contributed by atoms with van der Waals surface area (Å²) in [6, 6.07) is 0. The van der Waals surface area contributed by atoms with Crippen LogP contribution in [0.25, 0.3) is 0 Å². The topological polar surface area (TPSA) is 35.5 Å². The molecular weight excluding hydrogens is 308 g/mol. The minimum Gasteiger partial charge on any atom is -0.317 e. The predicted octanol–water partition coefficient (Wildman–Crippen LogP) is 5.95. The standard InChI is InChI=1S/C22H44N2O/c1-7-9-10-11-12-13-14-17-22(5,8-2)18-20-23-19-15-16-21(3,4)24(6)25/h8,13-14,23,25H,2,7,9-12,15-20H2,1,3-6H3/b14-13+. The number of nitrogens with zero attached hydrogens (tertiary/aromatic N) is 1. The van der Waals surface area contributed by atoms with E-state index in [1.165, 1.54) is 37.2 Å². The lowest BCUT2D eigenvalue weighted by atomic mass is 9.83. The molecule has 0 heterocycles. The third-order valence-electron chi connectivity index (χ3n) is 5.36. The molecule has 0 saturated carbocycles. The molecule has 0 aliphatic carbocycles. The number of hydroxylamine groups is 2. The summed E-state index contributed by atoms with van der Waals surface area (Å²) >= 11 is 0. The van der Waals surface area contributed by atoms with Gasteiger partial charge in [-0.05, 0) is 70.9 Å². The minimum absolute atomic E-state index is 0.154. The molecule has 0 amide bonds. The predicted molar refractivity (Wildman–Crippen MR) is 111 cm³/mol. The molecule has 0 spiro atoms. The molecule has 1 unspecified atom stereocenters. The summed E-state index contributed by atoms with van der Waals surface area (Å²) in [5.41, 5.74) is 0.0245. The number of hydrogen-bond acceptors (Lipinski definition) is 3. The molecule has 0 aromatic carbocycles. The van der Waals surface area contributed by atoms with E-state index in [0.717, 1.165) is 38.8 Å². The smallest absolute Gasteiger partial charge is 0.0401 e. The van der Waals surface area contributed by atoms with Gasteiger partial charge in [0, 0.05) is 12.6 Å². The lowest BCUT2D eigenvalue weighted by Crippen LogP contribution is -2.39. The normalized spacial score (nSPS) is 15.0. The van der Waals surface area contributed by atoms with E-state index in [2.05, 4.69) is 57.8 Å². The van der Waals surface area contributed by atoms with Crippen LogP contribution in [0.5, 0.6) is 0 Å². The molecule has 0 aliphatic rings. The van der Waals surface area contributed by atoms with Crippen LogP contribution < -0.4 is 5.32 Å². The molecule has 148 valence electrons. The van der Waals surface area contributed by atoms with Gasteiger partial charge in [-0.15, -0.1) is 6.58 Å². The zero-order chi connectivity index (χ0) is 19.2. The fourth-order valence-corrected chi connectivity index (χ4v) is 2.75. The number of rotatable bonds is 16. The van der Waals surface area contributed by atoms with Crippen molar-refractivity contribution in [1.82, 2.24) is 10.4 Å². The van der Waals surface area contributed by atoms with Gasteiger partial charge in [0.15, 0.2) is 0 Å². The lowest BCUT2D eigenvalue weighted by Gasteiger charge is -2.30. The largest absolute Gasteiger partial charge is 0.317 e. The van der Waals surface area contributed by atoms with Crippen molar-refractivity contribution in [2.24, 2.45) is 5.41 Å². The van der Waals surface area contributed by atoms with Gasteiger partial charge in [-0.25, -0.2) is 0 Å². The molecule has 0 aromatic rings. The van der Waals surface area contributed by atoms with Crippen molar-refractivity contribution in [1.29, 1.82) is 0 Å². The lowest BCUT2D eigenvalue weighted by molar-refractivity contribution is -0.142. The fourth-order valence-electron chi connectivity index (χ4n) is 2.75. The molecule has 2 N–H and O–H groups in total. The van der Waals surface area contributed by atoms with Gasteiger partial charge in [0.2, 0.25) is 0 Å². The van der Waals surface area contributed by atoms with Crippen LogP contribution >= 0.6 is 0 Å². The molecule has 0 rings (SSSR count). The van der Waals surface area contributed by atoms with Crippen LogP contribution in [0.4, 0.5) is 0 Å². The highest BCUT2D eigenvalue weighted by Gasteiger charge is 2.21. The minimum atomic E-state index is -0.154. The first kappa shape index (κ1) is 24.4. The van der Waals surface area contributed by atoms with E-state index in [9.17, 15) is 5.21 Å². The van der Waals surface area contributed by atoms with Gasteiger partial charge in [-0.2, -0.15) is 5.06 Å². The second-order valence-electron chi connectivity index (χ2n) is 8.32. The number of nitrogens with one attached hydrogen (secondary N) is 1. The van der Waals surface area contributed by atoms with Crippen LogP contribution in [0.3, 0.4) is 0 Å². The van der Waals surface area contributed by atoms with E-state index in [1.54, 1.807) is 7.05 Å². The second-order valence-corrected chi connectivity index (χ2v) is 8.32. The maximum absolute atomic E-state index is 9.58. The summed E-state index contributed by atoms with van der Waals surface area (Å²) in [5.74, 6) is 0. The van der Waals surface area contributed by atoms with Crippen LogP contribution in [-0.4, -0.2) is 35.9 Å². The summed E-state index contributed by atoms with van der Waals surface area (Å²) < 4.78 is 0. The highest BCUT2D eigenvalue weighted by atomic mass is 16.5. The molecule has 0 fully saturated rings. The molecule has 0 saturated heterocycles. The number of hydrogen-bond donors (Lipinski definition) is 2. The number of unbranched alkanes of at least 4 members (excludes halogenated alkanes) is 4. The second kappa shape index (κ2) is 13.5. The summed E-state index contributed by atoms with van der Waals surface area (Å²) in [4.78, 5) is 0. The monoisotopic (exact) mass is 352 g/mol. The quantitative estimate of drug-likeness (QED) is 0.204. The highest BCUT2D eigenvalue weighted by molar-refractivity contribution is 4.98. The van der Waals surface area contributed by atoms with Gasteiger partial charge in [-0.3, -0.25) is 0 Å². The van der Waals surface area contributed by atoms with E-state index in [4.69, 9.17) is 0 Å². The first-order valence-electron chi connectivity index (χ1n) is 10.2. The summed E-state index contributed by atoms with van der Waals surface area (Å²) in [7, 11) is 1.72. The van der Waals surface area contributed by atoms with Gasteiger partial charge < -0.3 is 10.5 Å². The van der Waals surface area contributed by atoms with E-state index < -0.39 is 0 Å².